The standard InChI is InChI=1S/C19H21NO5/c1-22-15-7-5-6-11(19(15)25-4)12-9-18(21)20-14-10-17(24-3)16(23-2)8-13(12)14/h5-8,10,12H,9H2,1-4H3,(H,20,21)/t12-/m0/s1. The highest BCUT2D eigenvalue weighted by molar-refractivity contribution is 5.96. The van der Waals surface area contributed by atoms with Gasteiger partial charge in [-0.15, -0.1) is 0 Å². The molecule has 0 saturated carbocycles. The van der Waals surface area contributed by atoms with Gasteiger partial charge in [-0.25, -0.2) is 0 Å². The highest BCUT2D eigenvalue weighted by atomic mass is 16.5. The molecule has 0 aromatic heterocycles. The summed E-state index contributed by atoms with van der Waals surface area (Å²) in [5.74, 6) is 2.21. The average Bonchev–Trinajstić information content (AvgIpc) is 2.65. The van der Waals surface area contributed by atoms with E-state index in [0.29, 0.717) is 35.1 Å². The summed E-state index contributed by atoms with van der Waals surface area (Å²) < 4.78 is 21.7. The van der Waals surface area contributed by atoms with Crippen LogP contribution in [0.2, 0.25) is 0 Å². The van der Waals surface area contributed by atoms with E-state index < -0.39 is 0 Å². The maximum Gasteiger partial charge on any atom is 0.225 e. The van der Waals surface area contributed by atoms with Crippen molar-refractivity contribution in [2.24, 2.45) is 0 Å². The van der Waals surface area contributed by atoms with Crippen LogP contribution in [0.4, 0.5) is 5.69 Å². The number of benzene rings is 2. The lowest BCUT2D eigenvalue weighted by atomic mass is 9.84. The van der Waals surface area contributed by atoms with E-state index in [1.165, 1.54) is 0 Å². The first-order valence-corrected chi connectivity index (χ1v) is 7.89. The Labute approximate surface area is 146 Å². The molecule has 1 aliphatic rings. The van der Waals surface area contributed by atoms with Crippen molar-refractivity contribution < 1.29 is 23.7 Å². The Kier molecular flexibility index (Phi) is 4.70. The third-order valence-electron chi connectivity index (χ3n) is 4.40. The van der Waals surface area contributed by atoms with Crippen LogP contribution in [0.1, 0.15) is 23.5 Å². The van der Waals surface area contributed by atoms with Crippen molar-refractivity contribution in [2.75, 3.05) is 33.8 Å². The Hall–Kier alpha value is -2.89. The zero-order valence-electron chi connectivity index (χ0n) is 14.7. The maximum atomic E-state index is 12.3. The third-order valence-corrected chi connectivity index (χ3v) is 4.40. The van der Waals surface area contributed by atoms with Gasteiger partial charge in [0, 0.05) is 29.7 Å². The molecule has 0 saturated heterocycles. The summed E-state index contributed by atoms with van der Waals surface area (Å²) in [6, 6.07) is 9.36. The lowest BCUT2D eigenvalue weighted by molar-refractivity contribution is -0.116. The molecule has 0 fully saturated rings. The van der Waals surface area contributed by atoms with E-state index in [-0.39, 0.29) is 11.8 Å². The van der Waals surface area contributed by atoms with E-state index in [1.807, 2.05) is 24.3 Å². The summed E-state index contributed by atoms with van der Waals surface area (Å²) in [7, 11) is 6.35. The molecule has 0 unspecified atom stereocenters. The van der Waals surface area contributed by atoms with Crippen LogP contribution in [-0.2, 0) is 4.79 Å². The number of fused-ring (bicyclic) bond motifs is 1. The topological polar surface area (TPSA) is 66.0 Å². The normalized spacial score (nSPS) is 15.8. The molecule has 0 spiro atoms. The number of methoxy groups -OCH3 is 4. The SMILES string of the molecule is COc1cc2c(cc1OC)[C@H](c1cccc(OC)c1OC)CC(=O)N2. The number of carbonyl (C=O) groups is 1. The Bertz CT molecular complexity index is 803. The molecule has 1 amide bonds. The molecule has 1 aliphatic heterocycles. The first-order chi connectivity index (χ1) is 12.1. The Balaban J connectivity index is 2.19. The Morgan fingerprint density at radius 2 is 1.56 bits per heavy atom. The molecular formula is C19H21NO5. The van der Waals surface area contributed by atoms with E-state index >= 15 is 0 Å². The highest BCUT2D eigenvalue weighted by Crippen LogP contribution is 2.46. The van der Waals surface area contributed by atoms with Crippen molar-refractivity contribution in [3.8, 4) is 23.0 Å². The van der Waals surface area contributed by atoms with Crippen LogP contribution in [0.15, 0.2) is 30.3 Å². The van der Waals surface area contributed by atoms with Gasteiger partial charge in [-0.2, -0.15) is 0 Å². The molecule has 6 heteroatoms. The zero-order valence-corrected chi connectivity index (χ0v) is 14.7. The molecule has 1 heterocycles. The van der Waals surface area contributed by atoms with Crippen molar-refractivity contribution in [2.45, 2.75) is 12.3 Å². The summed E-state index contributed by atoms with van der Waals surface area (Å²) >= 11 is 0. The van der Waals surface area contributed by atoms with Gasteiger partial charge in [-0.05, 0) is 17.7 Å². The van der Waals surface area contributed by atoms with Crippen LogP contribution in [0, 0.1) is 0 Å². The van der Waals surface area contributed by atoms with Gasteiger partial charge in [0.2, 0.25) is 5.91 Å². The van der Waals surface area contributed by atoms with Gasteiger partial charge in [0.1, 0.15) is 0 Å². The van der Waals surface area contributed by atoms with Gasteiger partial charge in [-0.1, -0.05) is 12.1 Å². The summed E-state index contributed by atoms with van der Waals surface area (Å²) in [6.07, 6.45) is 0.312. The smallest absolute Gasteiger partial charge is 0.225 e. The maximum absolute atomic E-state index is 12.3. The van der Waals surface area contributed by atoms with Gasteiger partial charge in [-0.3, -0.25) is 4.79 Å². The first kappa shape index (κ1) is 17.0. The average molecular weight is 343 g/mol. The van der Waals surface area contributed by atoms with Crippen LogP contribution < -0.4 is 24.3 Å². The molecule has 6 nitrogen and oxygen atoms in total. The number of nitrogens with one attached hydrogen (secondary N) is 1. The van der Waals surface area contributed by atoms with E-state index in [1.54, 1.807) is 34.5 Å². The minimum atomic E-state index is -0.173. The number of ether oxygens (including phenoxy) is 4. The second kappa shape index (κ2) is 6.93. The lowest BCUT2D eigenvalue weighted by Gasteiger charge is -2.28. The number of hydrogen-bond acceptors (Lipinski definition) is 5. The van der Waals surface area contributed by atoms with Crippen LogP contribution in [0.5, 0.6) is 23.0 Å². The number of anilines is 1. The number of amides is 1. The van der Waals surface area contributed by atoms with Crippen LogP contribution in [0.25, 0.3) is 0 Å². The summed E-state index contributed by atoms with van der Waals surface area (Å²) in [5.41, 5.74) is 2.55. The molecular weight excluding hydrogens is 322 g/mol. The molecule has 0 aliphatic carbocycles. The van der Waals surface area contributed by atoms with Crippen molar-refractivity contribution in [3.63, 3.8) is 0 Å². The molecule has 3 rings (SSSR count). The van der Waals surface area contributed by atoms with Gasteiger partial charge in [0.05, 0.1) is 28.4 Å². The summed E-state index contributed by atoms with van der Waals surface area (Å²) in [6.45, 7) is 0. The van der Waals surface area contributed by atoms with Crippen molar-refractivity contribution >= 4 is 11.6 Å². The third kappa shape index (κ3) is 2.95. The number of rotatable bonds is 5. The second-order valence-electron chi connectivity index (χ2n) is 5.68. The monoisotopic (exact) mass is 343 g/mol. The lowest BCUT2D eigenvalue weighted by Crippen LogP contribution is -2.24. The predicted molar refractivity (Wildman–Crippen MR) is 94.2 cm³/mol. The number of carbonyl (C=O) groups excluding carboxylic acids is 1. The van der Waals surface area contributed by atoms with Crippen molar-refractivity contribution in [1.82, 2.24) is 0 Å². The minimum absolute atomic E-state index is 0.0606. The molecule has 0 radical (unpaired) electrons. The van der Waals surface area contributed by atoms with Crippen LogP contribution in [-0.4, -0.2) is 34.3 Å². The molecule has 132 valence electrons. The minimum Gasteiger partial charge on any atom is -0.493 e. The quantitative estimate of drug-likeness (QED) is 0.903. The molecule has 25 heavy (non-hydrogen) atoms. The van der Waals surface area contributed by atoms with E-state index in [2.05, 4.69) is 5.32 Å². The van der Waals surface area contributed by atoms with E-state index in [0.717, 1.165) is 11.1 Å². The van der Waals surface area contributed by atoms with E-state index in [4.69, 9.17) is 18.9 Å². The van der Waals surface area contributed by atoms with Crippen LogP contribution >= 0.6 is 0 Å². The Morgan fingerprint density at radius 1 is 0.880 bits per heavy atom. The number of hydrogen-bond donors (Lipinski definition) is 1. The van der Waals surface area contributed by atoms with Gasteiger partial charge in [0.25, 0.3) is 0 Å². The molecule has 2 aromatic carbocycles. The van der Waals surface area contributed by atoms with Crippen molar-refractivity contribution in [3.05, 3.63) is 41.5 Å². The first-order valence-electron chi connectivity index (χ1n) is 7.89. The fourth-order valence-electron chi connectivity index (χ4n) is 3.25. The summed E-state index contributed by atoms with van der Waals surface area (Å²) in [4.78, 5) is 12.3. The van der Waals surface area contributed by atoms with Gasteiger partial charge >= 0.3 is 0 Å². The van der Waals surface area contributed by atoms with Gasteiger partial charge < -0.3 is 24.3 Å². The zero-order chi connectivity index (χ0) is 18.0. The highest BCUT2D eigenvalue weighted by Gasteiger charge is 2.31. The van der Waals surface area contributed by atoms with Crippen LogP contribution in [0.3, 0.4) is 0 Å². The molecule has 1 atom stereocenters. The fraction of sp³-hybridized carbons (Fsp3) is 0.316. The van der Waals surface area contributed by atoms with E-state index in [9.17, 15) is 4.79 Å². The second-order valence-corrected chi connectivity index (χ2v) is 5.68. The predicted octanol–water partition coefficient (Wildman–Crippen LogP) is 3.20. The fourth-order valence-corrected chi connectivity index (χ4v) is 3.25. The Morgan fingerprint density at radius 3 is 2.20 bits per heavy atom. The largest absolute Gasteiger partial charge is 0.493 e. The summed E-state index contributed by atoms with van der Waals surface area (Å²) in [5, 5.41) is 2.91. The molecule has 0 bridgehead atoms. The number of para-hydroxylation sites is 1. The molecule has 1 N–H and O–H groups in total. The molecule has 2 aromatic rings. The van der Waals surface area contributed by atoms with Gasteiger partial charge in [0.15, 0.2) is 23.0 Å². The van der Waals surface area contributed by atoms with Crippen molar-refractivity contribution in [1.29, 1.82) is 0 Å².